The Morgan fingerprint density at radius 1 is 1.38 bits per heavy atom. The maximum absolute atomic E-state index is 12.1. The van der Waals surface area contributed by atoms with Crippen LogP contribution >= 0.6 is 0 Å². The van der Waals surface area contributed by atoms with Gasteiger partial charge in [0.05, 0.1) is 16.2 Å². The zero-order valence-electron chi connectivity index (χ0n) is 11.2. The van der Waals surface area contributed by atoms with Gasteiger partial charge in [-0.1, -0.05) is 11.2 Å². The highest BCUT2D eigenvalue weighted by Gasteiger charge is 2.15. The molecule has 2 rings (SSSR count). The van der Waals surface area contributed by atoms with Gasteiger partial charge in [0.15, 0.2) is 0 Å². The van der Waals surface area contributed by atoms with E-state index in [4.69, 9.17) is 9.63 Å². The minimum absolute atomic E-state index is 0.0787. The Hall–Kier alpha value is -2.19. The topological polar surface area (TPSA) is 110 Å². The molecule has 2 N–H and O–H groups in total. The molecule has 0 aliphatic rings. The maximum atomic E-state index is 12.1. The highest BCUT2D eigenvalue weighted by atomic mass is 32.2. The number of hydrogen-bond acceptors (Lipinski definition) is 5. The second kappa shape index (κ2) is 6.06. The Kier molecular flexibility index (Phi) is 4.39. The van der Waals surface area contributed by atoms with Crippen LogP contribution in [0.2, 0.25) is 0 Å². The zero-order chi connectivity index (χ0) is 15.5. The maximum Gasteiger partial charge on any atom is 0.335 e. The summed E-state index contributed by atoms with van der Waals surface area (Å²) in [6.07, 6.45) is 0.384. The molecule has 21 heavy (non-hydrogen) atoms. The van der Waals surface area contributed by atoms with E-state index < -0.39 is 16.0 Å². The molecule has 112 valence electrons. The van der Waals surface area contributed by atoms with Crippen molar-refractivity contribution in [2.45, 2.75) is 18.2 Å². The van der Waals surface area contributed by atoms with Crippen LogP contribution in [0.1, 0.15) is 21.8 Å². The molecule has 0 aliphatic carbocycles. The molecule has 0 spiro atoms. The molecule has 2 aromatic rings. The van der Waals surface area contributed by atoms with Crippen molar-refractivity contribution in [2.75, 3.05) is 6.54 Å². The summed E-state index contributed by atoms with van der Waals surface area (Å²) in [5.41, 5.74) is 0.569. The van der Waals surface area contributed by atoms with Crippen LogP contribution in [0.25, 0.3) is 0 Å². The van der Waals surface area contributed by atoms with E-state index >= 15 is 0 Å². The number of hydrogen-bond donors (Lipinski definition) is 2. The number of aryl methyl sites for hydroxylation is 1. The fraction of sp³-hybridized carbons (Fsp3) is 0.231. The van der Waals surface area contributed by atoms with Gasteiger partial charge in [0.25, 0.3) is 0 Å². The van der Waals surface area contributed by atoms with Gasteiger partial charge in [0, 0.05) is 19.0 Å². The molecule has 0 saturated heterocycles. The number of aromatic carboxylic acids is 1. The molecule has 7 nitrogen and oxygen atoms in total. The first-order valence-electron chi connectivity index (χ1n) is 6.14. The first-order chi connectivity index (χ1) is 9.88. The quantitative estimate of drug-likeness (QED) is 0.829. The summed E-state index contributed by atoms with van der Waals surface area (Å²) in [5, 5.41) is 12.6. The fourth-order valence-electron chi connectivity index (χ4n) is 1.73. The Bertz CT molecular complexity index is 751. The van der Waals surface area contributed by atoms with Gasteiger partial charge in [0.2, 0.25) is 10.0 Å². The van der Waals surface area contributed by atoms with Crippen molar-refractivity contribution in [1.82, 2.24) is 9.88 Å². The Labute approximate surface area is 121 Å². The van der Waals surface area contributed by atoms with Crippen molar-refractivity contribution >= 4 is 16.0 Å². The predicted octanol–water partition coefficient (Wildman–Crippen LogP) is 1.20. The van der Waals surface area contributed by atoms with Gasteiger partial charge >= 0.3 is 5.97 Å². The second-order valence-electron chi connectivity index (χ2n) is 4.41. The lowest BCUT2D eigenvalue weighted by Gasteiger charge is -2.06. The van der Waals surface area contributed by atoms with Gasteiger partial charge in [0.1, 0.15) is 5.76 Å². The summed E-state index contributed by atoms with van der Waals surface area (Å²) >= 11 is 0. The fourth-order valence-corrected chi connectivity index (χ4v) is 2.81. The number of nitrogens with one attached hydrogen (secondary N) is 1. The van der Waals surface area contributed by atoms with Crippen molar-refractivity contribution in [2.24, 2.45) is 0 Å². The number of sulfonamides is 1. The minimum atomic E-state index is -3.75. The summed E-state index contributed by atoms with van der Waals surface area (Å²) in [7, 11) is -3.75. The molecule has 0 radical (unpaired) electrons. The molecule has 1 heterocycles. The summed E-state index contributed by atoms with van der Waals surface area (Å²) in [6, 6.07) is 6.90. The lowest BCUT2D eigenvalue weighted by molar-refractivity contribution is 0.0696. The van der Waals surface area contributed by atoms with Crippen LogP contribution in [0.4, 0.5) is 0 Å². The second-order valence-corrected chi connectivity index (χ2v) is 6.18. The van der Waals surface area contributed by atoms with E-state index in [0.29, 0.717) is 17.9 Å². The van der Waals surface area contributed by atoms with Crippen molar-refractivity contribution in [1.29, 1.82) is 0 Å². The highest BCUT2D eigenvalue weighted by Crippen LogP contribution is 2.11. The Morgan fingerprint density at radius 3 is 2.76 bits per heavy atom. The molecule has 0 aliphatic heterocycles. The van der Waals surface area contributed by atoms with Gasteiger partial charge in [-0.15, -0.1) is 0 Å². The van der Waals surface area contributed by atoms with Crippen LogP contribution in [-0.4, -0.2) is 31.2 Å². The van der Waals surface area contributed by atoms with Crippen LogP contribution in [0.3, 0.4) is 0 Å². The number of carbonyl (C=O) groups is 1. The number of aromatic nitrogens is 1. The summed E-state index contributed by atoms with van der Waals surface area (Å²) in [5.74, 6) is -0.521. The van der Waals surface area contributed by atoms with Crippen LogP contribution in [-0.2, 0) is 16.4 Å². The minimum Gasteiger partial charge on any atom is -0.478 e. The summed E-state index contributed by atoms with van der Waals surface area (Å²) in [6.45, 7) is 1.89. The first kappa shape index (κ1) is 15.2. The molecule has 1 aromatic carbocycles. The number of carboxylic acids is 1. The predicted molar refractivity (Wildman–Crippen MR) is 73.5 cm³/mol. The molecule has 0 atom stereocenters. The third kappa shape index (κ3) is 3.89. The van der Waals surface area contributed by atoms with E-state index in [1.54, 1.807) is 13.0 Å². The molecule has 0 saturated carbocycles. The smallest absolute Gasteiger partial charge is 0.335 e. The third-order valence-corrected chi connectivity index (χ3v) is 4.20. The van der Waals surface area contributed by atoms with Crippen molar-refractivity contribution in [3.8, 4) is 0 Å². The number of benzene rings is 1. The van der Waals surface area contributed by atoms with Gasteiger partial charge in [-0.05, 0) is 25.1 Å². The average Bonchev–Trinajstić information content (AvgIpc) is 2.84. The molecule has 8 heteroatoms. The standard InChI is InChI=1S/C13H14N2O5S/c1-9-7-11(15-20-9)5-6-14-21(18,19)12-4-2-3-10(8-12)13(16)17/h2-4,7-8,14H,5-6H2,1H3,(H,16,17). The number of nitrogens with zero attached hydrogens (tertiary/aromatic N) is 1. The lowest BCUT2D eigenvalue weighted by Crippen LogP contribution is -2.26. The van der Waals surface area contributed by atoms with Gasteiger partial charge < -0.3 is 9.63 Å². The van der Waals surface area contributed by atoms with Crippen LogP contribution in [0.15, 0.2) is 39.8 Å². The van der Waals surface area contributed by atoms with Crippen molar-refractivity contribution < 1.29 is 22.8 Å². The van der Waals surface area contributed by atoms with E-state index in [1.165, 1.54) is 18.2 Å². The van der Waals surface area contributed by atoms with Crippen LogP contribution in [0.5, 0.6) is 0 Å². The Morgan fingerprint density at radius 2 is 2.14 bits per heavy atom. The molecule has 0 bridgehead atoms. The lowest BCUT2D eigenvalue weighted by atomic mass is 10.2. The summed E-state index contributed by atoms with van der Waals surface area (Å²) in [4.78, 5) is 10.8. The molecule has 0 unspecified atom stereocenters. The molecule has 0 fully saturated rings. The average molecular weight is 310 g/mol. The van der Waals surface area contributed by atoms with E-state index in [1.807, 2.05) is 0 Å². The van der Waals surface area contributed by atoms with Gasteiger partial charge in [-0.25, -0.2) is 17.9 Å². The highest BCUT2D eigenvalue weighted by molar-refractivity contribution is 7.89. The largest absolute Gasteiger partial charge is 0.478 e. The van der Waals surface area contributed by atoms with Crippen LogP contribution in [0, 0.1) is 6.92 Å². The number of rotatable bonds is 6. The number of carboxylic acid groups (broad SMARTS) is 1. The SMILES string of the molecule is Cc1cc(CCNS(=O)(=O)c2cccc(C(=O)O)c2)no1. The van der Waals surface area contributed by atoms with E-state index in [0.717, 1.165) is 6.07 Å². The van der Waals surface area contributed by atoms with E-state index in [2.05, 4.69) is 9.88 Å². The Balaban J connectivity index is 2.04. The monoisotopic (exact) mass is 310 g/mol. The van der Waals surface area contributed by atoms with E-state index in [-0.39, 0.29) is 17.0 Å². The van der Waals surface area contributed by atoms with Gasteiger partial charge in [-0.3, -0.25) is 0 Å². The van der Waals surface area contributed by atoms with Crippen molar-refractivity contribution in [3.63, 3.8) is 0 Å². The third-order valence-electron chi connectivity index (χ3n) is 2.74. The zero-order valence-corrected chi connectivity index (χ0v) is 12.1. The van der Waals surface area contributed by atoms with Crippen molar-refractivity contribution in [3.05, 3.63) is 47.3 Å². The molecule has 0 amide bonds. The van der Waals surface area contributed by atoms with Crippen LogP contribution < -0.4 is 4.72 Å². The molecule has 1 aromatic heterocycles. The first-order valence-corrected chi connectivity index (χ1v) is 7.62. The molecular formula is C13H14N2O5S. The van der Waals surface area contributed by atoms with E-state index in [9.17, 15) is 13.2 Å². The normalized spacial score (nSPS) is 11.5. The molecular weight excluding hydrogens is 296 g/mol. The van der Waals surface area contributed by atoms with Gasteiger partial charge in [-0.2, -0.15) is 0 Å². The summed E-state index contributed by atoms with van der Waals surface area (Å²) < 4.78 is 31.4.